The molecule has 0 spiro atoms. The first-order valence-electron chi connectivity index (χ1n) is 10.8. The Morgan fingerprint density at radius 3 is 2.26 bits per heavy atom. The molecule has 0 saturated carbocycles. The van der Waals surface area contributed by atoms with Crippen molar-refractivity contribution in [2.45, 2.75) is 65.3 Å². The molecular formula is C23H32N6O2. The van der Waals surface area contributed by atoms with Crippen LogP contribution in [0.4, 0.5) is 11.8 Å². The Hall–Kier alpha value is -3.05. The number of benzene rings is 1. The Kier molecular flexibility index (Phi) is 7.53. The highest BCUT2D eigenvalue weighted by atomic mass is 16.5. The molecule has 3 rings (SSSR count). The third-order valence-corrected chi connectivity index (χ3v) is 4.97. The smallest absolute Gasteiger partial charge is 0.227 e. The van der Waals surface area contributed by atoms with Crippen LogP contribution in [-0.2, 0) is 6.54 Å². The zero-order valence-corrected chi connectivity index (χ0v) is 18.8. The van der Waals surface area contributed by atoms with Crippen molar-refractivity contribution in [2.24, 2.45) is 0 Å². The predicted molar refractivity (Wildman–Crippen MR) is 121 cm³/mol. The maximum atomic E-state index is 9.18. The van der Waals surface area contributed by atoms with Gasteiger partial charge in [0.2, 0.25) is 5.95 Å². The molecule has 1 fully saturated rings. The van der Waals surface area contributed by atoms with Gasteiger partial charge in [0.15, 0.2) is 0 Å². The first-order chi connectivity index (χ1) is 14.9. The quantitative estimate of drug-likeness (QED) is 0.664. The molecule has 8 nitrogen and oxygen atoms in total. The molecule has 1 saturated heterocycles. The SMILES string of the molecule is CC(C)Oc1cc(CN(c2ncc(C#N)c(N)n2)C2CCNCC2)cc(OC(C)C)c1. The number of aromatic nitrogens is 2. The van der Waals surface area contributed by atoms with E-state index < -0.39 is 0 Å². The van der Waals surface area contributed by atoms with E-state index in [1.165, 1.54) is 6.20 Å². The van der Waals surface area contributed by atoms with Crippen LogP contribution in [0.2, 0.25) is 0 Å². The van der Waals surface area contributed by atoms with Crippen LogP contribution in [0.3, 0.4) is 0 Å². The number of rotatable bonds is 8. The summed E-state index contributed by atoms with van der Waals surface area (Å²) in [6.45, 7) is 10.5. The summed E-state index contributed by atoms with van der Waals surface area (Å²) in [5.74, 6) is 2.28. The summed E-state index contributed by atoms with van der Waals surface area (Å²) in [5, 5.41) is 12.6. The average Bonchev–Trinajstić information content (AvgIpc) is 2.71. The molecule has 3 N–H and O–H groups in total. The van der Waals surface area contributed by atoms with Crippen molar-refractivity contribution < 1.29 is 9.47 Å². The Bertz CT molecular complexity index is 891. The van der Waals surface area contributed by atoms with Gasteiger partial charge < -0.3 is 25.4 Å². The van der Waals surface area contributed by atoms with E-state index in [0.29, 0.717) is 12.5 Å². The largest absolute Gasteiger partial charge is 0.491 e. The molecule has 0 radical (unpaired) electrons. The van der Waals surface area contributed by atoms with Crippen molar-refractivity contribution in [3.05, 3.63) is 35.5 Å². The number of hydrogen-bond acceptors (Lipinski definition) is 8. The molecule has 8 heteroatoms. The molecule has 1 aromatic heterocycles. The second-order valence-electron chi connectivity index (χ2n) is 8.34. The lowest BCUT2D eigenvalue weighted by Gasteiger charge is -2.35. The standard InChI is InChI=1S/C23H32N6O2/c1-15(2)30-20-9-17(10-21(11-20)31-16(3)4)14-29(19-5-7-26-8-6-19)23-27-13-18(12-24)22(25)28-23/h9-11,13,15-16,19,26H,5-8,14H2,1-4H3,(H2,25,27,28). The van der Waals surface area contributed by atoms with Gasteiger partial charge in [-0.1, -0.05) is 0 Å². The van der Waals surface area contributed by atoms with Gasteiger partial charge in [-0.15, -0.1) is 0 Å². The highest BCUT2D eigenvalue weighted by Gasteiger charge is 2.25. The molecule has 0 unspecified atom stereocenters. The summed E-state index contributed by atoms with van der Waals surface area (Å²) in [4.78, 5) is 11.1. The zero-order valence-electron chi connectivity index (χ0n) is 18.8. The molecule has 0 bridgehead atoms. The predicted octanol–water partition coefficient (Wildman–Crippen LogP) is 3.26. The van der Waals surface area contributed by atoms with Gasteiger partial charge in [-0.2, -0.15) is 10.2 Å². The fourth-order valence-electron chi connectivity index (χ4n) is 3.69. The fraction of sp³-hybridized carbons (Fsp3) is 0.522. The molecule has 2 aromatic rings. The highest BCUT2D eigenvalue weighted by Crippen LogP contribution is 2.28. The van der Waals surface area contributed by atoms with Crippen LogP contribution in [0.15, 0.2) is 24.4 Å². The second kappa shape index (κ2) is 10.3. The molecule has 2 heterocycles. The summed E-state index contributed by atoms with van der Waals surface area (Å²) < 4.78 is 11.9. The lowest BCUT2D eigenvalue weighted by molar-refractivity contribution is 0.228. The minimum absolute atomic E-state index is 0.0596. The van der Waals surface area contributed by atoms with Crippen molar-refractivity contribution >= 4 is 11.8 Å². The van der Waals surface area contributed by atoms with E-state index in [4.69, 9.17) is 15.2 Å². The summed E-state index contributed by atoms with van der Waals surface area (Å²) in [6.07, 6.45) is 3.56. The summed E-state index contributed by atoms with van der Waals surface area (Å²) in [6, 6.07) is 8.29. The van der Waals surface area contributed by atoms with Crippen LogP contribution in [0, 0.1) is 11.3 Å². The van der Waals surface area contributed by atoms with Crippen LogP contribution in [0.5, 0.6) is 11.5 Å². The van der Waals surface area contributed by atoms with Crippen molar-refractivity contribution in [3.8, 4) is 17.6 Å². The third kappa shape index (κ3) is 6.22. The number of ether oxygens (including phenoxy) is 2. The van der Waals surface area contributed by atoms with E-state index in [-0.39, 0.29) is 29.6 Å². The maximum absolute atomic E-state index is 9.18. The minimum Gasteiger partial charge on any atom is -0.491 e. The third-order valence-electron chi connectivity index (χ3n) is 4.97. The molecule has 0 aliphatic carbocycles. The van der Waals surface area contributed by atoms with E-state index >= 15 is 0 Å². The first kappa shape index (κ1) is 22.6. The highest BCUT2D eigenvalue weighted by molar-refractivity contribution is 5.51. The number of anilines is 2. The molecule has 1 aliphatic heterocycles. The molecule has 0 amide bonds. The van der Waals surface area contributed by atoms with Crippen molar-refractivity contribution in [1.29, 1.82) is 5.26 Å². The lowest BCUT2D eigenvalue weighted by Crippen LogP contribution is -2.43. The fourth-order valence-corrected chi connectivity index (χ4v) is 3.69. The Balaban J connectivity index is 1.96. The Labute approximate surface area is 184 Å². The number of hydrogen-bond donors (Lipinski definition) is 2. The second-order valence-corrected chi connectivity index (χ2v) is 8.34. The van der Waals surface area contributed by atoms with Crippen molar-refractivity contribution in [3.63, 3.8) is 0 Å². The van der Waals surface area contributed by atoms with Gasteiger partial charge in [-0.05, 0) is 71.3 Å². The van der Waals surface area contributed by atoms with Crippen LogP contribution in [-0.4, -0.2) is 41.3 Å². The maximum Gasteiger partial charge on any atom is 0.227 e. The number of nitrogens with zero attached hydrogens (tertiary/aromatic N) is 4. The van der Waals surface area contributed by atoms with Crippen LogP contribution >= 0.6 is 0 Å². The molecule has 0 atom stereocenters. The van der Waals surface area contributed by atoms with E-state index in [1.54, 1.807) is 0 Å². The van der Waals surface area contributed by atoms with Crippen LogP contribution < -0.4 is 25.4 Å². The Morgan fingerprint density at radius 2 is 1.74 bits per heavy atom. The van der Waals surface area contributed by atoms with Gasteiger partial charge in [0.1, 0.15) is 28.9 Å². The van der Waals surface area contributed by atoms with Gasteiger partial charge in [0, 0.05) is 18.7 Å². The number of nitrogens with two attached hydrogens (primary N) is 1. The molecule has 31 heavy (non-hydrogen) atoms. The topological polar surface area (TPSA) is 109 Å². The summed E-state index contributed by atoms with van der Waals surface area (Å²) in [7, 11) is 0. The van der Waals surface area contributed by atoms with Crippen LogP contribution in [0.25, 0.3) is 0 Å². The van der Waals surface area contributed by atoms with Crippen LogP contribution in [0.1, 0.15) is 51.7 Å². The van der Waals surface area contributed by atoms with E-state index in [9.17, 15) is 5.26 Å². The average molecular weight is 425 g/mol. The molecular weight excluding hydrogens is 392 g/mol. The lowest BCUT2D eigenvalue weighted by atomic mass is 10.0. The van der Waals surface area contributed by atoms with E-state index in [2.05, 4.69) is 20.2 Å². The summed E-state index contributed by atoms with van der Waals surface area (Å²) >= 11 is 0. The normalized spacial score (nSPS) is 14.5. The van der Waals surface area contributed by atoms with Gasteiger partial charge in [0.05, 0.1) is 18.4 Å². The minimum atomic E-state index is 0.0596. The zero-order chi connectivity index (χ0) is 22.4. The van der Waals surface area contributed by atoms with Gasteiger partial charge >= 0.3 is 0 Å². The molecule has 1 aromatic carbocycles. The molecule has 166 valence electrons. The number of nitrogens with one attached hydrogen (secondary N) is 1. The van der Waals surface area contributed by atoms with Gasteiger partial charge in [-0.3, -0.25) is 0 Å². The van der Waals surface area contributed by atoms with Gasteiger partial charge in [-0.25, -0.2) is 4.98 Å². The molecule has 1 aliphatic rings. The van der Waals surface area contributed by atoms with Crippen molar-refractivity contribution in [1.82, 2.24) is 15.3 Å². The number of nitriles is 1. The van der Waals surface area contributed by atoms with E-state index in [0.717, 1.165) is 43.0 Å². The number of nitrogen functional groups attached to an aromatic ring is 1. The van der Waals surface area contributed by atoms with Crippen molar-refractivity contribution in [2.75, 3.05) is 23.7 Å². The number of piperidine rings is 1. The Morgan fingerprint density at radius 1 is 1.13 bits per heavy atom. The summed E-state index contributed by atoms with van der Waals surface area (Å²) in [5.41, 5.74) is 7.32. The van der Waals surface area contributed by atoms with Gasteiger partial charge in [0.25, 0.3) is 0 Å². The monoisotopic (exact) mass is 424 g/mol. The first-order valence-corrected chi connectivity index (χ1v) is 10.8. The van der Waals surface area contributed by atoms with E-state index in [1.807, 2.05) is 52.0 Å².